The summed E-state index contributed by atoms with van der Waals surface area (Å²) in [6.45, 7) is 2.38. The minimum atomic E-state index is -0.0866. The van der Waals surface area contributed by atoms with E-state index >= 15 is 0 Å². The Labute approximate surface area is 407 Å². The van der Waals surface area contributed by atoms with Crippen molar-refractivity contribution in [2.45, 2.75) is 25.8 Å². The van der Waals surface area contributed by atoms with Crippen molar-refractivity contribution in [3.8, 4) is 5.69 Å². The molecule has 0 fully saturated rings. The van der Waals surface area contributed by atoms with Crippen LogP contribution in [0.5, 0.6) is 0 Å². The molecule has 1 aliphatic rings. The van der Waals surface area contributed by atoms with Crippen molar-refractivity contribution in [1.82, 2.24) is 4.57 Å². The van der Waals surface area contributed by atoms with Gasteiger partial charge in [0.05, 0.1) is 28.5 Å². The molecule has 330 valence electrons. The van der Waals surface area contributed by atoms with Gasteiger partial charge >= 0.3 is 0 Å². The van der Waals surface area contributed by atoms with Gasteiger partial charge in [-0.2, -0.15) is 0 Å². The van der Waals surface area contributed by atoms with Crippen LogP contribution >= 0.6 is 11.3 Å². The number of rotatable bonds is 4. The van der Waals surface area contributed by atoms with Gasteiger partial charge in [-0.1, -0.05) is 153 Å². The molecule has 2 atom stereocenters. The van der Waals surface area contributed by atoms with Crippen molar-refractivity contribution in [1.29, 1.82) is 0 Å². The van der Waals surface area contributed by atoms with Gasteiger partial charge in [-0.3, -0.25) is 4.99 Å². The molecule has 0 amide bonds. The van der Waals surface area contributed by atoms with E-state index in [1.807, 2.05) is 11.3 Å². The predicted octanol–water partition coefficient (Wildman–Crippen LogP) is 18.1. The van der Waals surface area contributed by atoms with Gasteiger partial charge in [0.1, 0.15) is 5.58 Å². The molecule has 4 heterocycles. The van der Waals surface area contributed by atoms with E-state index in [-0.39, 0.29) is 12.0 Å². The summed E-state index contributed by atoms with van der Waals surface area (Å²) in [5.41, 5.74) is 9.40. The number of benzene rings is 11. The Morgan fingerprint density at radius 2 is 1.10 bits per heavy atom. The van der Waals surface area contributed by atoms with Crippen molar-refractivity contribution in [2.75, 3.05) is 0 Å². The smallest absolute Gasteiger partial charge is 0.159 e. The molecular formula is C65H43N3OS. The topological polar surface area (TPSA) is 42.8 Å². The molecule has 15 rings (SSSR count). The third kappa shape index (κ3) is 6.08. The first-order valence-electron chi connectivity index (χ1n) is 24.4. The first-order chi connectivity index (χ1) is 34.6. The second-order valence-electron chi connectivity index (χ2n) is 19.3. The Morgan fingerprint density at radius 3 is 1.84 bits per heavy atom. The van der Waals surface area contributed by atoms with Crippen molar-refractivity contribution in [3.63, 3.8) is 0 Å². The molecule has 1 aliphatic heterocycles. The molecule has 3 aromatic heterocycles. The molecule has 5 heteroatoms. The summed E-state index contributed by atoms with van der Waals surface area (Å²) in [6.07, 6.45) is 1.69. The van der Waals surface area contributed by atoms with E-state index < -0.39 is 0 Å². The van der Waals surface area contributed by atoms with Gasteiger partial charge in [0, 0.05) is 52.7 Å². The standard InChI is InChI=1S/C65H43N3OS/c1-38-25-30-55(66-65(67-62(38)46-27-26-39-13-2-3-15-41(39)31-46)51-22-12-24-60-61(51)50-21-10-11-23-59(50)70-60)47-34-54-49-29-28-40-14-8-9-20-48(40)63(49)69-64(54)58(37-47)68-56-35-44-18-6-4-16-42(44)32-52(56)53-33-43-17-5-7-19-45(43)36-57(53)68/h2-24,26-29,31-38,62H,25,30H2,1H3/b66-55+,67-65-. The number of hydrogen-bond donors (Lipinski definition) is 0. The molecule has 11 aromatic carbocycles. The number of thiophene rings is 1. The maximum atomic E-state index is 7.28. The molecule has 0 N–H and O–H groups in total. The number of nitrogens with zero attached hydrogens (tertiary/aromatic N) is 3. The first kappa shape index (κ1) is 39.6. The summed E-state index contributed by atoms with van der Waals surface area (Å²) in [7, 11) is 0. The summed E-state index contributed by atoms with van der Waals surface area (Å²) in [5, 5.41) is 16.6. The maximum absolute atomic E-state index is 7.28. The minimum Gasteiger partial charge on any atom is -0.453 e. The summed E-state index contributed by atoms with van der Waals surface area (Å²) in [5.74, 6) is 0.997. The van der Waals surface area contributed by atoms with Crippen LogP contribution in [0.1, 0.15) is 42.5 Å². The second-order valence-corrected chi connectivity index (χ2v) is 20.3. The number of amidine groups is 1. The van der Waals surface area contributed by atoms with Gasteiger partial charge in [0.25, 0.3) is 0 Å². The highest BCUT2D eigenvalue weighted by molar-refractivity contribution is 7.25. The summed E-state index contributed by atoms with van der Waals surface area (Å²) >= 11 is 1.84. The normalized spacial score (nSPS) is 17.3. The average Bonchev–Trinajstić information content (AvgIpc) is 4.08. The van der Waals surface area contributed by atoms with Crippen LogP contribution < -0.4 is 0 Å². The molecule has 14 aromatic rings. The fourth-order valence-corrected chi connectivity index (χ4v) is 12.8. The van der Waals surface area contributed by atoms with Crippen LogP contribution in [0.2, 0.25) is 0 Å². The van der Waals surface area contributed by atoms with E-state index in [4.69, 9.17) is 14.4 Å². The molecule has 4 nitrogen and oxygen atoms in total. The van der Waals surface area contributed by atoms with E-state index in [1.54, 1.807) is 0 Å². The average molecular weight is 914 g/mol. The number of aliphatic imine (C=N–C) groups is 2. The SMILES string of the molecule is CC1CC/C(c2cc(-n3c4cc5ccccc5cc4c4cc5ccccc5cc43)c3oc4c5ccccc5ccc4c3c2)=N\C(c2cccc3sc4ccccc4c23)=N/C1c1ccc2ccccc2c1. The third-order valence-electron chi connectivity index (χ3n) is 15.2. The van der Waals surface area contributed by atoms with Crippen LogP contribution in [0.25, 0.3) is 113 Å². The van der Waals surface area contributed by atoms with E-state index in [0.29, 0.717) is 0 Å². The van der Waals surface area contributed by atoms with Crippen molar-refractivity contribution in [3.05, 3.63) is 223 Å². The van der Waals surface area contributed by atoms with Gasteiger partial charge in [0.15, 0.2) is 11.4 Å². The molecule has 0 saturated carbocycles. The number of hydrogen-bond acceptors (Lipinski definition) is 4. The molecule has 0 aliphatic carbocycles. The van der Waals surface area contributed by atoms with E-state index in [0.717, 1.165) is 84.9 Å². The Hall–Kier alpha value is -8.38. The zero-order chi connectivity index (χ0) is 46.0. The van der Waals surface area contributed by atoms with Gasteiger partial charge in [-0.15, -0.1) is 11.3 Å². The predicted molar refractivity (Wildman–Crippen MR) is 298 cm³/mol. The maximum Gasteiger partial charge on any atom is 0.159 e. The summed E-state index contributed by atoms with van der Waals surface area (Å²) in [6, 6.07) is 75.5. The highest BCUT2D eigenvalue weighted by Crippen LogP contribution is 2.44. The van der Waals surface area contributed by atoms with Gasteiger partial charge in [0.2, 0.25) is 0 Å². The largest absolute Gasteiger partial charge is 0.453 e. The third-order valence-corrected chi connectivity index (χ3v) is 16.3. The van der Waals surface area contributed by atoms with Crippen LogP contribution in [0, 0.1) is 5.92 Å². The van der Waals surface area contributed by atoms with E-state index in [9.17, 15) is 0 Å². The number of furan rings is 1. The van der Waals surface area contributed by atoms with E-state index in [1.165, 1.54) is 68.8 Å². The fourth-order valence-electron chi connectivity index (χ4n) is 11.7. The van der Waals surface area contributed by atoms with Crippen LogP contribution in [0.4, 0.5) is 0 Å². The lowest BCUT2D eigenvalue weighted by atomic mass is 9.87. The van der Waals surface area contributed by atoms with Crippen molar-refractivity contribution < 1.29 is 4.42 Å². The van der Waals surface area contributed by atoms with Crippen LogP contribution in [0.15, 0.2) is 221 Å². The quantitative estimate of drug-likeness (QED) is 0.173. The summed E-state index contributed by atoms with van der Waals surface area (Å²) < 4.78 is 12.2. The Bertz CT molecular complexity index is 4490. The molecule has 0 saturated heterocycles. The Kier molecular flexibility index (Phi) is 8.66. The van der Waals surface area contributed by atoms with Crippen LogP contribution in [-0.2, 0) is 0 Å². The lowest BCUT2D eigenvalue weighted by Gasteiger charge is -2.25. The minimum absolute atomic E-state index is 0.0866. The zero-order valence-corrected chi connectivity index (χ0v) is 39.2. The fraction of sp³-hybridized carbons (Fsp3) is 0.0769. The van der Waals surface area contributed by atoms with Gasteiger partial charge in [-0.25, -0.2) is 4.99 Å². The van der Waals surface area contributed by atoms with Gasteiger partial charge in [-0.05, 0) is 128 Å². The molecule has 0 bridgehead atoms. The molecule has 2 unspecified atom stereocenters. The molecule has 0 radical (unpaired) electrons. The number of fused-ring (bicyclic) bond motifs is 14. The van der Waals surface area contributed by atoms with E-state index in [2.05, 4.69) is 218 Å². The lowest BCUT2D eigenvalue weighted by Crippen LogP contribution is -2.18. The monoisotopic (exact) mass is 913 g/mol. The van der Waals surface area contributed by atoms with Crippen molar-refractivity contribution >= 4 is 130 Å². The first-order valence-corrected chi connectivity index (χ1v) is 25.2. The number of aromatic nitrogens is 1. The zero-order valence-electron chi connectivity index (χ0n) is 38.4. The highest BCUT2D eigenvalue weighted by Gasteiger charge is 2.28. The lowest BCUT2D eigenvalue weighted by molar-refractivity contribution is 0.446. The van der Waals surface area contributed by atoms with Crippen molar-refractivity contribution in [2.24, 2.45) is 15.9 Å². The Morgan fingerprint density at radius 1 is 0.486 bits per heavy atom. The van der Waals surface area contributed by atoms with Gasteiger partial charge < -0.3 is 8.98 Å². The molecule has 70 heavy (non-hydrogen) atoms. The highest BCUT2D eigenvalue weighted by atomic mass is 32.1. The Balaban J connectivity index is 1.04. The summed E-state index contributed by atoms with van der Waals surface area (Å²) in [4.78, 5) is 11.7. The van der Waals surface area contributed by atoms with Crippen LogP contribution in [0.3, 0.4) is 0 Å². The molecular weight excluding hydrogens is 871 g/mol. The molecule has 0 spiro atoms. The van der Waals surface area contributed by atoms with Crippen LogP contribution in [-0.4, -0.2) is 16.1 Å². The second kappa shape index (κ2) is 15.3.